The lowest BCUT2D eigenvalue weighted by molar-refractivity contribution is 0.328. The number of benzene rings is 1. The lowest BCUT2D eigenvalue weighted by atomic mass is 9.95. The number of hydrogen-bond donors (Lipinski definition) is 2. The van der Waals surface area contributed by atoms with Crippen LogP contribution in [0.25, 0.3) is 5.70 Å². The van der Waals surface area contributed by atoms with E-state index in [4.69, 9.17) is 0 Å². The van der Waals surface area contributed by atoms with Gasteiger partial charge in [-0.05, 0) is 68.0 Å². The first-order valence-corrected chi connectivity index (χ1v) is 13.6. The van der Waals surface area contributed by atoms with E-state index in [-0.39, 0.29) is 0 Å². The Morgan fingerprint density at radius 1 is 0.969 bits per heavy atom. The Hall–Kier alpha value is -1.65. The molecule has 2 N–H and O–H groups in total. The summed E-state index contributed by atoms with van der Waals surface area (Å²) < 4.78 is 2.56. The second kappa shape index (κ2) is 12.0. The van der Waals surface area contributed by atoms with Crippen molar-refractivity contribution >= 4 is 17.6 Å². The molecule has 0 bridgehead atoms. The maximum Gasteiger partial charge on any atom is 0.0450 e. The van der Waals surface area contributed by atoms with E-state index in [2.05, 4.69) is 64.9 Å². The molecule has 1 aromatic rings. The normalized spacial score (nSPS) is 21.0. The van der Waals surface area contributed by atoms with Crippen molar-refractivity contribution < 1.29 is 0 Å². The minimum atomic E-state index is 0.519. The third-order valence-electron chi connectivity index (χ3n) is 6.98. The van der Waals surface area contributed by atoms with Crippen LogP contribution < -0.4 is 10.6 Å². The summed E-state index contributed by atoms with van der Waals surface area (Å²) in [5.74, 6) is 0. The lowest BCUT2D eigenvalue weighted by Gasteiger charge is -2.34. The van der Waals surface area contributed by atoms with Gasteiger partial charge in [0.2, 0.25) is 0 Å². The molecule has 1 saturated carbocycles. The highest BCUT2D eigenvalue weighted by atomic mass is 32.2. The van der Waals surface area contributed by atoms with E-state index in [0.717, 1.165) is 25.2 Å². The number of piperidine rings is 1. The Morgan fingerprint density at radius 3 is 2.41 bits per heavy atom. The molecule has 0 radical (unpaired) electrons. The predicted octanol–water partition coefficient (Wildman–Crippen LogP) is 6.80. The van der Waals surface area contributed by atoms with Crippen LogP contribution >= 0.6 is 11.9 Å². The van der Waals surface area contributed by atoms with Crippen LogP contribution in [0.3, 0.4) is 0 Å². The summed E-state index contributed by atoms with van der Waals surface area (Å²) in [6.45, 7) is 8.80. The number of hydrogen-bond acceptors (Lipinski definition) is 4. The minimum absolute atomic E-state index is 0.519. The van der Waals surface area contributed by atoms with E-state index < -0.39 is 0 Å². The van der Waals surface area contributed by atoms with Gasteiger partial charge in [0.15, 0.2) is 0 Å². The first kappa shape index (κ1) is 23.5. The number of allylic oxidation sites excluding steroid dienone is 2. The molecule has 0 unspecified atom stereocenters. The van der Waals surface area contributed by atoms with Gasteiger partial charge in [0, 0.05) is 41.5 Å². The summed E-state index contributed by atoms with van der Waals surface area (Å²) >= 11 is 1.98. The highest BCUT2D eigenvalue weighted by Gasteiger charge is 2.23. The molecule has 1 saturated heterocycles. The molecular weight excluding hydrogens is 410 g/mol. The first-order chi connectivity index (χ1) is 15.7. The maximum absolute atomic E-state index is 4.32. The average molecular weight is 452 g/mol. The molecule has 2 fully saturated rings. The van der Waals surface area contributed by atoms with E-state index in [1.165, 1.54) is 85.9 Å². The van der Waals surface area contributed by atoms with Gasteiger partial charge in [0.1, 0.15) is 0 Å². The van der Waals surface area contributed by atoms with Crippen LogP contribution in [-0.2, 0) is 6.42 Å². The SMILES string of the molecule is C=C(NC1CCN(SC2=CCCC=C2NC2CCCCC2)CC1)c1ccc(CCC)cc1. The maximum atomic E-state index is 4.32. The van der Waals surface area contributed by atoms with Gasteiger partial charge in [-0.15, -0.1) is 0 Å². The highest BCUT2D eigenvalue weighted by Crippen LogP contribution is 2.33. The molecule has 4 rings (SSSR count). The molecule has 0 amide bonds. The van der Waals surface area contributed by atoms with Gasteiger partial charge in [-0.2, -0.15) is 0 Å². The Balaban J connectivity index is 1.23. The van der Waals surface area contributed by atoms with Crippen LogP contribution in [0.2, 0.25) is 0 Å². The third-order valence-corrected chi connectivity index (χ3v) is 8.18. The fourth-order valence-electron chi connectivity index (χ4n) is 5.06. The van der Waals surface area contributed by atoms with Crippen molar-refractivity contribution in [2.24, 2.45) is 0 Å². The van der Waals surface area contributed by atoms with E-state index in [9.17, 15) is 0 Å². The van der Waals surface area contributed by atoms with Crippen LogP contribution in [-0.4, -0.2) is 29.5 Å². The third kappa shape index (κ3) is 6.68. The monoisotopic (exact) mass is 451 g/mol. The number of nitrogens with one attached hydrogen (secondary N) is 2. The van der Waals surface area contributed by atoms with Gasteiger partial charge in [-0.3, -0.25) is 0 Å². The molecule has 2 aliphatic carbocycles. The molecule has 3 nitrogen and oxygen atoms in total. The summed E-state index contributed by atoms with van der Waals surface area (Å²) in [7, 11) is 0. The van der Waals surface area contributed by atoms with Crippen LogP contribution in [0.1, 0.15) is 82.3 Å². The summed E-state index contributed by atoms with van der Waals surface area (Å²) in [4.78, 5) is 1.45. The molecule has 1 heterocycles. The highest BCUT2D eigenvalue weighted by molar-refractivity contribution is 8.01. The smallest absolute Gasteiger partial charge is 0.0450 e. The second-order valence-corrected chi connectivity index (χ2v) is 10.7. The van der Waals surface area contributed by atoms with Crippen molar-refractivity contribution in [2.75, 3.05) is 13.1 Å². The van der Waals surface area contributed by atoms with E-state index in [0.29, 0.717) is 12.1 Å². The van der Waals surface area contributed by atoms with Gasteiger partial charge in [0.05, 0.1) is 0 Å². The quantitative estimate of drug-likeness (QED) is 0.404. The Morgan fingerprint density at radius 2 is 1.69 bits per heavy atom. The molecule has 1 aliphatic heterocycles. The molecule has 0 atom stereocenters. The fourth-order valence-corrected chi connectivity index (χ4v) is 6.16. The van der Waals surface area contributed by atoms with Crippen molar-refractivity contribution in [1.82, 2.24) is 14.9 Å². The van der Waals surface area contributed by atoms with E-state index >= 15 is 0 Å². The zero-order valence-electron chi connectivity index (χ0n) is 19.9. The van der Waals surface area contributed by atoms with E-state index in [1.807, 2.05) is 11.9 Å². The molecule has 1 aromatic carbocycles. The zero-order valence-corrected chi connectivity index (χ0v) is 20.7. The van der Waals surface area contributed by atoms with Gasteiger partial charge < -0.3 is 10.6 Å². The van der Waals surface area contributed by atoms with Gasteiger partial charge in [0.25, 0.3) is 0 Å². The van der Waals surface area contributed by atoms with Crippen LogP contribution in [0.5, 0.6) is 0 Å². The Bertz CT molecular complexity index is 796. The van der Waals surface area contributed by atoms with Gasteiger partial charge in [-0.1, -0.05) is 75.6 Å². The lowest BCUT2D eigenvalue weighted by Crippen LogP contribution is -2.39. The van der Waals surface area contributed by atoms with Crippen molar-refractivity contribution in [3.63, 3.8) is 0 Å². The number of aryl methyl sites for hydroxylation is 1. The van der Waals surface area contributed by atoms with Crippen molar-refractivity contribution in [3.05, 3.63) is 64.7 Å². The topological polar surface area (TPSA) is 27.3 Å². The zero-order chi connectivity index (χ0) is 22.2. The summed E-state index contributed by atoms with van der Waals surface area (Å²) in [5.41, 5.74) is 5.10. The standard InChI is InChI=1S/C28H41N3S/c1-3-9-23-14-16-24(17-15-23)22(2)29-26-18-20-31(21-19-26)32-28-13-8-7-12-27(28)30-25-10-5-4-6-11-25/h12-17,25-26,29-30H,2-11,18-21H2,1H3. The largest absolute Gasteiger partial charge is 0.382 e. The summed E-state index contributed by atoms with van der Waals surface area (Å²) in [6, 6.07) is 10.1. The van der Waals surface area contributed by atoms with Crippen molar-refractivity contribution in [2.45, 2.75) is 89.6 Å². The molecule has 4 heteroatoms. The molecule has 174 valence electrons. The van der Waals surface area contributed by atoms with Gasteiger partial charge in [-0.25, -0.2) is 4.31 Å². The Kier molecular flexibility index (Phi) is 8.81. The van der Waals surface area contributed by atoms with Crippen molar-refractivity contribution in [1.29, 1.82) is 0 Å². The number of nitrogens with zero attached hydrogens (tertiary/aromatic N) is 1. The molecule has 0 aromatic heterocycles. The van der Waals surface area contributed by atoms with Crippen LogP contribution in [0.15, 0.2) is 53.6 Å². The van der Waals surface area contributed by atoms with Crippen molar-refractivity contribution in [3.8, 4) is 0 Å². The summed E-state index contributed by atoms with van der Waals surface area (Å²) in [5, 5.41) is 7.59. The van der Waals surface area contributed by atoms with Crippen LogP contribution in [0.4, 0.5) is 0 Å². The average Bonchev–Trinajstić information content (AvgIpc) is 2.83. The molecule has 3 aliphatic rings. The minimum Gasteiger partial charge on any atom is -0.382 e. The fraction of sp³-hybridized carbons (Fsp3) is 0.571. The predicted molar refractivity (Wildman–Crippen MR) is 140 cm³/mol. The van der Waals surface area contributed by atoms with Crippen LogP contribution in [0, 0.1) is 0 Å². The second-order valence-electron chi connectivity index (χ2n) is 9.61. The van der Waals surface area contributed by atoms with Gasteiger partial charge >= 0.3 is 0 Å². The number of rotatable bonds is 9. The molecule has 0 spiro atoms. The van der Waals surface area contributed by atoms with E-state index in [1.54, 1.807) is 0 Å². The molecular formula is C28H41N3S. The summed E-state index contributed by atoms with van der Waals surface area (Å²) in [6.07, 6.45) is 18.7. The molecule has 32 heavy (non-hydrogen) atoms. The Labute approximate surface area is 199 Å². The first-order valence-electron chi connectivity index (χ1n) is 12.9.